The molecule has 0 unspecified atom stereocenters. The van der Waals surface area contributed by atoms with E-state index in [9.17, 15) is 0 Å². The number of halogens is 1. The lowest BCUT2D eigenvalue weighted by atomic mass is 9.96. The molecule has 5 rings (SSSR count). The molecule has 5 aromatic rings. The lowest BCUT2D eigenvalue weighted by Gasteiger charge is -2.09. The molecule has 0 aliphatic carbocycles. The molecule has 0 saturated carbocycles. The molecule has 0 radical (unpaired) electrons. The summed E-state index contributed by atoms with van der Waals surface area (Å²) < 4.78 is 1.06. The topological polar surface area (TPSA) is 54.7 Å². The largest absolute Gasteiger partial charge is 0.354 e. The summed E-state index contributed by atoms with van der Waals surface area (Å²) in [5, 5.41) is 2.40. The fourth-order valence-corrected chi connectivity index (χ4v) is 4.79. The van der Waals surface area contributed by atoms with E-state index in [1.165, 1.54) is 22.1 Å². The number of nitrogens with one attached hydrogen (secondary N) is 1. The minimum Gasteiger partial charge on any atom is -0.354 e. The third kappa shape index (κ3) is 3.78. The second-order valence-electron chi connectivity index (χ2n) is 7.85. The Labute approximate surface area is 190 Å². The quantitative estimate of drug-likeness (QED) is 0.260. The number of hydrogen-bond acceptors (Lipinski definition) is 2. The minimum atomic E-state index is 0.718. The smallest absolute Gasteiger partial charge is 0.0806 e. The summed E-state index contributed by atoms with van der Waals surface area (Å²) in [6.45, 7) is 0.718. The predicted molar refractivity (Wildman–Crippen MR) is 134 cm³/mol. The molecule has 3 N–H and O–H groups in total. The van der Waals surface area contributed by atoms with Gasteiger partial charge in [0.1, 0.15) is 0 Å². The molecular weight excluding hydrogens is 446 g/mol. The van der Waals surface area contributed by atoms with Gasteiger partial charge in [-0.3, -0.25) is 4.98 Å². The number of hydrogen-bond donors (Lipinski definition) is 2. The van der Waals surface area contributed by atoms with E-state index in [-0.39, 0.29) is 0 Å². The summed E-state index contributed by atoms with van der Waals surface area (Å²) >= 11 is 3.68. The van der Waals surface area contributed by atoms with Crippen molar-refractivity contribution in [3.63, 3.8) is 0 Å². The second kappa shape index (κ2) is 8.66. The Hall–Kier alpha value is -2.95. The first-order valence-corrected chi connectivity index (χ1v) is 11.5. The van der Waals surface area contributed by atoms with Gasteiger partial charge in [0, 0.05) is 32.5 Å². The van der Waals surface area contributed by atoms with Crippen LogP contribution in [0.25, 0.3) is 44.2 Å². The van der Waals surface area contributed by atoms with Crippen LogP contribution in [0.3, 0.4) is 0 Å². The molecular formula is C27H24BrN3. The fourth-order valence-electron chi connectivity index (χ4n) is 4.33. The van der Waals surface area contributed by atoms with Gasteiger partial charge in [-0.25, -0.2) is 0 Å². The maximum absolute atomic E-state index is 5.80. The van der Waals surface area contributed by atoms with Crippen LogP contribution in [0.4, 0.5) is 0 Å². The molecule has 0 bridgehead atoms. The molecule has 2 aromatic heterocycles. The van der Waals surface area contributed by atoms with Gasteiger partial charge in [-0.15, -0.1) is 0 Å². The van der Waals surface area contributed by atoms with Crippen LogP contribution in [0, 0.1) is 0 Å². The van der Waals surface area contributed by atoms with Crippen molar-refractivity contribution in [3.05, 3.63) is 89.0 Å². The van der Waals surface area contributed by atoms with E-state index >= 15 is 0 Å². The first kappa shape index (κ1) is 20.0. The van der Waals surface area contributed by atoms with Crippen molar-refractivity contribution < 1.29 is 0 Å². The average molecular weight is 470 g/mol. The maximum Gasteiger partial charge on any atom is 0.0806 e. The summed E-state index contributed by atoms with van der Waals surface area (Å²) in [5.74, 6) is 0. The van der Waals surface area contributed by atoms with Crippen molar-refractivity contribution in [2.24, 2.45) is 5.73 Å². The zero-order valence-corrected chi connectivity index (χ0v) is 18.8. The summed E-state index contributed by atoms with van der Waals surface area (Å²) in [7, 11) is 0. The minimum absolute atomic E-state index is 0.718. The first-order chi connectivity index (χ1) is 15.3. The highest BCUT2D eigenvalue weighted by Crippen LogP contribution is 2.38. The van der Waals surface area contributed by atoms with Crippen LogP contribution in [0.5, 0.6) is 0 Å². The third-order valence-electron chi connectivity index (χ3n) is 5.88. The standard InChI is InChI=1S/C27H24BrN3/c28-24-13-12-22(26-21(24)10-6-16-30-26)27-20(9-4-5-15-29)23-17-19(11-14-25(23)31-27)18-7-2-1-3-8-18/h1-3,6-8,10-14,16-17,31H,4-5,9,15,29H2. The molecule has 0 spiro atoms. The molecule has 0 atom stereocenters. The second-order valence-corrected chi connectivity index (χ2v) is 8.70. The zero-order chi connectivity index (χ0) is 21.2. The Morgan fingerprint density at radius 3 is 2.55 bits per heavy atom. The van der Waals surface area contributed by atoms with Crippen molar-refractivity contribution in [3.8, 4) is 22.4 Å². The van der Waals surface area contributed by atoms with Gasteiger partial charge in [-0.2, -0.15) is 0 Å². The van der Waals surface area contributed by atoms with E-state index in [1.807, 2.05) is 12.3 Å². The number of nitrogens with two attached hydrogens (primary N) is 1. The van der Waals surface area contributed by atoms with Gasteiger partial charge in [0.05, 0.1) is 11.2 Å². The number of aromatic nitrogens is 2. The Morgan fingerprint density at radius 2 is 1.71 bits per heavy atom. The van der Waals surface area contributed by atoms with Crippen molar-refractivity contribution in [1.82, 2.24) is 9.97 Å². The van der Waals surface area contributed by atoms with Gasteiger partial charge in [-0.05, 0) is 72.8 Å². The summed E-state index contributed by atoms with van der Waals surface area (Å²) in [4.78, 5) is 8.43. The number of fused-ring (bicyclic) bond motifs is 2. The molecule has 0 fully saturated rings. The highest BCUT2D eigenvalue weighted by atomic mass is 79.9. The molecule has 4 heteroatoms. The van der Waals surface area contributed by atoms with E-state index in [0.29, 0.717) is 0 Å². The molecule has 3 nitrogen and oxygen atoms in total. The summed E-state index contributed by atoms with van der Waals surface area (Å²) in [5.41, 5.74) is 14.1. The Bertz CT molecular complexity index is 1360. The first-order valence-electron chi connectivity index (χ1n) is 10.7. The number of aromatic amines is 1. The Morgan fingerprint density at radius 1 is 0.839 bits per heavy atom. The average Bonchev–Trinajstić information content (AvgIpc) is 3.18. The summed E-state index contributed by atoms with van der Waals surface area (Å²) in [6.07, 6.45) is 4.93. The lowest BCUT2D eigenvalue weighted by Crippen LogP contribution is -1.99. The van der Waals surface area contributed by atoms with Crippen molar-refractivity contribution >= 4 is 37.7 Å². The highest BCUT2D eigenvalue weighted by molar-refractivity contribution is 9.10. The van der Waals surface area contributed by atoms with Gasteiger partial charge >= 0.3 is 0 Å². The van der Waals surface area contributed by atoms with E-state index in [2.05, 4.69) is 87.6 Å². The Kier molecular flexibility index (Phi) is 5.58. The van der Waals surface area contributed by atoms with Crippen LogP contribution in [0.1, 0.15) is 18.4 Å². The fraction of sp³-hybridized carbons (Fsp3) is 0.148. The van der Waals surface area contributed by atoms with Crippen LogP contribution in [0.15, 0.2) is 83.5 Å². The number of unbranched alkanes of at least 4 members (excludes halogenated alkanes) is 1. The van der Waals surface area contributed by atoms with Crippen LogP contribution >= 0.6 is 15.9 Å². The number of H-pyrrole nitrogens is 1. The highest BCUT2D eigenvalue weighted by Gasteiger charge is 2.17. The predicted octanol–water partition coefficient (Wildman–Crippen LogP) is 7.09. The van der Waals surface area contributed by atoms with Crippen LogP contribution in [0.2, 0.25) is 0 Å². The molecule has 0 aliphatic rings. The monoisotopic (exact) mass is 469 g/mol. The lowest BCUT2D eigenvalue weighted by molar-refractivity contribution is 0.748. The number of aryl methyl sites for hydroxylation is 1. The van der Waals surface area contributed by atoms with Crippen molar-refractivity contribution in [2.75, 3.05) is 6.54 Å². The molecule has 2 heterocycles. The van der Waals surface area contributed by atoms with Crippen LogP contribution in [-0.4, -0.2) is 16.5 Å². The Balaban J connectivity index is 1.73. The number of pyridine rings is 1. The van der Waals surface area contributed by atoms with E-state index < -0.39 is 0 Å². The van der Waals surface area contributed by atoms with Gasteiger partial charge in [0.25, 0.3) is 0 Å². The molecule has 0 aliphatic heterocycles. The molecule has 0 saturated heterocycles. The third-order valence-corrected chi connectivity index (χ3v) is 6.57. The molecule has 0 amide bonds. The number of rotatable bonds is 6. The number of benzene rings is 3. The number of nitrogens with zero attached hydrogens (tertiary/aromatic N) is 1. The van der Waals surface area contributed by atoms with Crippen LogP contribution < -0.4 is 5.73 Å². The van der Waals surface area contributed by atoms with Crippen molar-refractivity contribution in [1.29, 1.82) is 0 Å². The molecule has 154 valence electrons. The zero-order valence-electron chi connectivity index (χ0n) is 17.2. The van der Waals surface area contributed by atoms with Gasteiger partial charge in [-0.1, -0.05) is 58.4 Å². The van der Waals surface area contributed by atoms with Crippen molar-refractivity contribution in [2.45, 2.75) is 19.3 Å². The SMILES string of the molecule is NCCCCc1c(-c2ccc(Br)c3cccnc23)[nH]c2ccc(-c3ccccc3)cc12. The van der Waals surface area contributed by atoms with Gasteiger partial charge in [0.15, 0.2) is 0 Å². The molecule has 3 aromatic carbocycles. The van der Waals surface area contributed by atoms with E-state index in [0.717, 1.165) is 58.0 Å². The van der Waals surface area contributed by atoms with Gasteiger partial charge < -0.3 is 10.7 Å². The molecule has 31 heavy (non-hydrogen) atoms. The normalized spacial score (nSPS) is 11.4. The van der Waals surface area contributed by atoms with Gasteiger partial charge in [0.2, 0.25) is 0 Å². The maximum atomic E-state index is 5.80. The van der Waals surface area contributed by atoms with Crippen LogP contribution in [-0.2, 0) is 6.42 Å². The van der Waals surface area contributed by atoms with E-state index in [1.54, 1.807) is 0 Å². The summed E-state index contributed by atoms with van der Waals surface area (Å²) in [6, 6.07) is 25.6. The van der Waals surface area contributed by atoms with E-state index in [4.69, 9.17) is 10.7 Å².